The van der Waals surface area contributed by atoms with E-state index in [0.717, 1.165) is 50.1 Å². The molecule has 0 atom stereocenters. The molecule has 1 heteroatoms. The van der Waals surface area contributed by atoms with E-state index in [-0.39, 0.29) is 0 Å². The van der Waals surface area contributed by atoms with Crippen LogP contribution in [0, 0.1) is 0 Å². The number of fused-ring (bicyclic) bond motifs is 6. The van der Waals surface area contributed by atoms with Gasteiger partial charge in [-0.2, -0.15) is 0 Å². The van der Waals surface area contributed by atoms with E-state index < -0.39 is 0 Å². The average Bonchev–Trinajstić information content (AvgIpc) is 3.74. The Morgan fingerprint density at radius 1 is 0.377 bits per heavy atom. The summed E-state index contributed by atoms with van der Waals surface area (Å²) in [6.07, 6.45) is 12.3. The Morgan fingerprint density at radius 2 is 0.870 bits per heavy atom. The van der Waals surface area contributed by atoms with Crippen LogP contribution in [0.2, 0.25) is 0 Å². The summed E-state index contributed by atoms with van der Waals surface area (Å²) in [4.78, 5) is 0. The SMILES string of the molecule is C=C/C(=C\C)c1ccc(-c2ccc3c(c2)c2cc(-c4ccc(/C(C=C)=C/C=C\C)cc4-c4ccccc4)ccc2n3-c2ccc(-c3cc4ccccc4c4ccccc34)cc2)c(-c2ccccc2)c1. The topological polar surface area (TPSA) is 4.93 Å². The Morgan fingerprint density at radius 3 is 1.42 bits per heavy atom. The minimum Gasteiger partial charge on any atom is -0.309 e. The monoisotopic (exact) mass is 881 g/mol. The molecule has 0 aliphatic heterocycles. The molecule has 11 aromatic rings. The Kier molecular flexibility index (Phi) is 11.5. The van der Waals surface area contributed by atoms with Crippen molar-refractivity contribution in [2.24, 2.45) is 0 Å². The van der Waals surface area contributed by atoms with Crippen LogP contribution >= 0.6 is 0 Å². The zero-order valence-electron chi connectivity index (χ0n) is 39.0. The lowest BCUT2D eigenvalue weighted by Crippen LogP contribution is -1.94. The van der Waals surface area contributed by atoms with Crippen molar-refractivity contribution in [2.75, 3.05) is 0 Å². The predicted molar refractivity (Wildman–Crippen MR) is 300 cm³/mol. The molecule has 0 saturated carbocycles. The zero-order valence-corrected chi connectivity index (χ0v) is 39.0. The summed E-state index contributed by atoms with van der Waals surface area (Å²) in [6, 6.07) is 78.1. The second-order valence-corrected chi connectivity index (χ2v) is 17.6. The third-order valence-corrected chi connectivity index (χ3v) is 13.7. The van der Waals surface area contributed by atoms with Crippen molar-refractivity contribution in [3.8, 4) is 61.3 Å². The zero-order chi connectivity index (χ0) is 46.8. The summed E-state index contributed by atoms with van der Waals surface area (Å²) in [7, 11) is 0. The van der Waals surface area contributed by atoms with Gasteiger partial charge in [-0.25, -0.2) is 0 Å². The fourth-order valence-corrected chi connectivity index (χ4v) is 10.3. The summed E-state index contributed by atoms with van der Waals surface area (Å²) in [6.45, 7) is 12.4. The van der Waals surface area contributed by atoms with Crippen LogP contribution in [-0.2, 0) is 0 Å². The van der Waals surface area contributed by atoms with Gasteiger partial charge in [0.1, 0.15) is 0 Å². The molecule has 0 N–H and O–H groups in total. The van der Waals surface area contributed by atoms with E-state index in [9.17, 15) is 0 Å². The smallest absolute Gasteiger partial charge is 0.0541 e. The molecule has 328 valence electrons. The molecule has 1 nitrogen and oxygen atoms in total. The maximum absolute atomic E-state index is 4.17. The Balaban J connectivity index is 1.13. The van der Waals surface area contributed by atoms with Crippen LogP contribution in [0.3, 0.4) is 0 Å². The van der Waals surface area contributed by atoms with Gasteiger partial charge in [-0.05, 0) is 168 Å². The van der Waals surface area contributed by atoms with Crippen molar-refractivity contribution in [1.29, 1.82) is 0 Å². The van der Waals surface area contributed by atoms with E-state index >= 15 is 0 Å². The van der Waals surface area contributed by atoms with Crippen molar-refractivity contribution in [2.45, 2.75) is 13.8 Å². The molecule has 0 aliphatic rings. The largest absolute Gasteiger partial charge is 0.309 e. The Hall–Kier alpha value is -8.78. The molecule has 11 rings (SSSR count). The lowest BCUT2D eigenvalue weighted by Gasteiger charge is -2.14. The van der Waals surface area contributed by atoms with Crippen LogP contribution in [0.15, 0.2) is 262 Å². The lowest BCUT2D eigenvalue weighted by atomic mass is 9.89. The number of hydrogen-bond donors (Lipinski definition) is 0. The van der Waals surface area contributed by atoms with Crippen molar-refractivity contribution in [1.82, 2.24) is 4.57 Å². The highest BCUT2D eigenvalue weighted by atomic mass is 15.0. The number of benzene rings is 10. The van der Waals surface area contributed by atoms with Gasteiger partial charge >= 0.3 is 0 Å². The minimum absolute atomic E-state index is 1.08. The number of rotatable bonds is 11. The summed E-state index contributed by atoms with van der Waals surface area (Å²) >= 11 is 0. The molecular formula is C68H51N. The van der Waals surface area contributed by atoms with E-state index in [1.165, 1.54) is 76.8 Å². The molecule has 0 spiro atoms. The fourth-order valence-electron chi connectivity index (χ4n) is 10.3. The van der Waals surface area contributed by atoms with Gasteiger partial charge in [0.15, 0.2) is 0 Å². The quantitative estimate of drug-likeness (QED) is 0.0901. The number of aromatic nitrogens is 1. The Labute approximate surface area is 405 Å². The number of allylic oxidation sites excluding steroid dienone is 8. The van der Waals surface area contributed by atoms with Gasteiger partial charge in [-0.3, -0.25) is 0 Å². The minimum atomic E-state index is 1.08. The van der Waals surface area contributed by atoms with Gasteiger partial charge in [0.05, 0.1) is 11.0 Å². The number of hydrogen-bond acceptors (Lipinski definition) is 0. The first-order valence-corrected chi connectivity index (χ1v) is 23.8. The van der Waals surface area contributed by atoms with E-state index in [0.29, 0.717) is 0 Å². The molecule has 0 unspecified atom stereocenters. The molecule has 1 aromatic heterocycles. The number of nitrogens with zero attached hydrogens (tertiary/aromatic N) is 1. The van der Waals surface area contributed by atoms with E-state index in [2.05, 4.69) is 255 Å². The van der Waals surface area contributed by atoms with Crippen LogP contribution in [-0.4, -0.2) is 4.57 Å². The second kappa shape index (κ2) is 18.5. The maximum atomic E-state index is 4.17. The average molecular weight is 882 g/mol. The molecule has 0 amide bonds. The van der Waals surface area contributed by atoms with E-state index in [4.69, 9.17) is 0 Å². The second-order valence-electron chi connectivity index (χ2n) is 17.6. The molecule has 0 aliphatic carbocycles. The molecule has 0 saturated heterocycles. The third-order valence-electron chi connectivity index (χ3n) is 13.7. The van der Waals surface area contributed by atoms with Crippen LogP contribution in [0.5, 0.6) is 0 Å². The van der Waals surface area contributed by atoms with Crippen LogP contribution in [0.25, 0.3) is 116 Å². The van der Waals surface area contributed by atoms with Crippen molar-refractivity contribution >= 4 is 54.5 Å². The van der Waals surface area contributed by atoms with Gasteiger partial charge in [-0.1, -0.05) is 207 Å². The fraction of sp³-hybridized carbons (Fsp3) is 0.0294. The van der Waals surface area contributed by atoms with Gasteiger partial charge in [0.2, 0.25) is 0 Å². The van der Waals surface area contributed by atoms with Crippen LogP contribution in [0.1, 0.15) is 25.0 Å². The summed E-state index contributed by atoms with van der Waals surface area (Å²) < 4.78 is 2.44. The highest BCUT2D eigenvalue weighted by Gasteiger charge is 2.19. The first-order valence-electron chi connectivity index (χ1n) is 23.8. The first-order chi connectivity index (χ1) is 34.0. The third kappa shape index (κ3) is 7.84. The first kappa shape index (κ1) is 42.8. The normalized spacial score (nSPS) is 12.1. The molecule has 69 heavy (non-hydrogen) atoms. The molecule has 1 heterocycles. The summed E-state index contributed by atoms with van der Waals surface area (Å²) in [5.41, 5.74) is 19.7. The molecule has 0 bridgehead atoms. The molecular weight excluding hydrogens is 831 g/mol. The van der Waals surface area contributed by atoms with Gasteiger partial charge in [0, 0.05) is 16.5 Å². The van der Waals surface area contributed by atoms with Crippen molar-refractivity contribution in [3.63, 3.8) is 0 Å². The van der Waals surface area contributed by atoms with E-state index in [1.807, 2.05) is 25.2 Å². The maximum Gasteiger partial charge on any atom is 0.0541 e. The Bertz CT molecular complexity index is 3860. The van der Waals surface area contributed by atoms with Gasteiger partial charge < -0.3 is 4.57 Å². The molecule has 0 radical (unpaired) electrons. The van der Waals surface area contributed by atoms with Crippen molar-refractivity contribution in [3.05, 3.63) is 273 Å². The van der Waals surface area contributed by atoms with E-state index in [1.54, 1.807) is 0 Å². The van der Waals surface area contributed by atoms with Crippen LogP contribution < -0.4 is 0 Å². The standard InChI is InChI=1S/C68H51N/c1-5-9-20-47(8-4)52-32-38-59(63(42-52)49-23-14-11-15-24-49)55-34-40-68-66(45-55)65-44-54(58-37-31-51(46(6-2)7-3)41-62(58)48-21-12-10-13-22-48)33-39-67(65)69(68)56-35-29-50(30-36-56)64-43-53-25-16-17-26-57(53)60-27-18-19-28-61(60)64/h5-45H,2,4H2,1,3H3/b9-5-,46-7+,47-20+. The lowest BCUT2D eigenvalue weighted by molar-refractivity contribution is 1.18. The van der Waals surface area contributed by atoms with Crippen molar-refractivity contribution < 1.29 is 0 Å². The van der Waals surface area contributed by atoms with Gasteiger partial charge in [0.25, 0.3) is 0 Å². The molecule has 0 fully saturated rings. The highest BCUT2D eigenvalue weighted by Crippen LogP contribution is 2.43. The predicted octanol–water partition coefficient (Wildman–Crippen LogP) is 19.2. The van der Waals surface area contributed by atoms with Gasteiger partial charge in [-0.15, -0.1) is 0 Å². The van der Waals surface area contributed by atoms with Crippen LogP contribution in [0.4, 0.5) is 0 Å². The highest BCUT2D eigenvalue weighted by molar-refractivity contribution is 6.15. The summed E-state index contributed by atoms with van der Waals surface area (Å²) in [5.74, 6) is 0. The molecule has 10 aromatic carbocycles. The summed E-state index contributed by atoms with van der Waals surface area (Å²) in [5, 5.41) is 7.43.